The second-order valence-electron chi connectivity index (χ2n) is 6.35. The summed E-state index contributed by atoms with van der Waals surface area (Å²) in [6.45, 7) is -0.439. The predicted molar refractivity (Wildman–Crippen MR) is 91.0 cm³/mol. The maximum absolute atomic E-state index is 12.9. The van der Waals surface area contributed by atoms with Crippen LogP contribution in [0, 0.1) is 0 Å². The molecule has 1 saturated heterocycles. The average molecular weight is 348 g/mol. The van der Waals surface area contributed by atoms with Crippen molar-refractivity contribution in [2.75, 3.05) is 12.3 Å². The number of carbonyl (C=O) groups excluding carboxylic acids is 2. The summed E-state index contributed by atoms with van der Waals surface area (Å²) in [7, 11) is 0. The molecule has 1 heterocycles. The average Bonchev–Trinajstić information content (AvgIpc) is 2.73. The SMILES string of the molecule is O=C(O)CN1C(=O)N(C(CS)Cc2ccccc2)C(=O)C12CCC2. The third-order valence-electron chi connectivity index (χ3n) is 4.93. The number of amides is 3. The van der Waals surface area contributed by atoms with Gasteiger partial charge in [-0.15, -0.1) is 0 Å². The van der Waals surface area contributed by atoms with E-state index in [0.717, 1.165) is 12.0 Å². The van der Waals surface area contributed by atoms with E-state index >= 15 is 0 Å². The molecule has 24 heavy (non-hydrogen) atoms. The number of imide groups is 1. The second kappa shape index (κ2) is 6.47. The van der Waals surface area contributed by atoms with Crippen molar-refractivity contribution in [3.05, 3.63) is 35.9 Å². The molecular weight excluding hydrogens is 328 g/mol. The molecule has 1 aromatic carbocycles. The molecule has 1 aliphatic heterocycles. The Hall–Kier alpha value is -2.02. The van der Waals surface area contributed by atoms with Gasteiger partial charge in [-0.2, -0.15) is 12.6 Å². The molecule has 0 aromatic heterocycles. The van der Waals surface area contributed by atoms with Crippen LogP contribution < -0.4 is 0 Å². The van der Waals surface area contributed by atoms with Crippen LogP contribution in [0.5, 0.6) is 0 Å². The lowest BCUT2D eigenvalue weighted by Crippen LogP contribution is -2.56. The fourth-order valence-corrected chi connectivity index (χ4v) is 3.83. The Kier molecular flexibility index (Phi) is 4.54. The van der Waals surface area contributed by atoms with Crippen molar-refractivity contribution in [3.8, 4) is 0 Å². The van der Waals surface area contributed by atoms with Gasteiger partial charge < -0.3 is 5.11 Å². The van der Waals surface area contributed by atoms with Gasteiger partial charge in [-0.1, -0.05) is 30.3 Å². The first-order chi connectivity index (χ1) is 11.5. The van der Waals surface area contributed by atoms with Crippen LogP contribution in [0.25, 0.3) is 0 Å². The summed E-state index contributed by atoms with van der Waals surface area (Å²) in [4.78, 5) is 39.3. The number of aliphatic carboxylic acids is 1. The van der Waals surface area contributed by atoms with Crippen molar-refractivity contribution in [2.24, 2.45) is 0 Å². The summed E-state index contributed by atoms with van der Waals surface area (Å²) in [6, 6.07) is 8.71. The topological polar surface area (TPSA) is 77.9 Å². The van der Waals surface area contributed by atoms with Gasteiger partial charge >= 0.3 is 12.0 Å². The lowest BCUT2D eigenvalue weighted by atomic mass is 9.75. The molecule has 128 valence electrons. The van der Waals surface area contributed by atoms with E-state index in [4.69, 9.17) is 5.11 Å². The van der Waals surface area contributed by atoms with Crippen molar-refractivity contribution >= 4 is 30.5 Å². The summed E-state index contributed by atoms with van der Waals surface area (Å²) in [5.41, 5.74) is 0.0596. The molecule has 3 rings (SSSR count). The molecule has 7 heteroatoms. The van der Waals surface area contributed by atoms with Gasteiger partial charge in [0, 0.05) is 5.75 Å². The van der Waals surface area contributed by atoms with Crippen molar-refractivity contribution in [3.63, 3.8) is 0 Å². The van der Waals surface area contributed by atoms with Crippen LogP contribution in [0.2, 0.25) is 0 Å². The molecule has 0 radical (unpaired) electrons. The fraction of sp³-hybridized carbons (Fsp3) is 0.471. The van der Waals surface area contributed by atoms with Crippen LogP contribution in [0.1, 0.15) is 24.8 Å². The second-order valence-corrected chi connectivity index (χ2v) is 6.71. The number of carboxylic acid groups (broad SMARTS) is 1. The molecule has 1 aromatic rings. The van der Waals surface area contributed by atoms with Gasteiger partial charge in [0.25, 0.3) is 5.91 Å². The quantitative estimate of drug-likeness (QED) is 0.607. The highest BCUT2D eigenvalue weighted by Crippen LogP contribution is 2.44. The van der Waals surface area contributed by atoms with Gasteiger partial charge in [-0.3, -0.25) is 19.4 Å². The number of benzene rings is 1. The largest absolute Gasteiger partial charge is 0.480 e. The van der Waals surface area contributed by atoms with Crippen molar-refractivity contribution in [2.45, 2.75) is 37.3 Å². The molecule has 1 aliphatic carbocycles. The van der Waals surface area contributed by atoms with Gasteiger partial charge in [-0.05, 0) is 31.2 Å². The molecule has 1 unspecified atom stereocenters. The predicted octanol–water partition coefficient (Wildman–Crippen LogP) is 1.80. The van der Waals surface area contributed by atoms with Crippen LogP contribution in [-0.2, 0) is 16.0 Å². The highest BCUT2D eigenvalue weighted by Gasteiger charge is 2.61. The summed E-state index contributed by atoms with van der Waals surface area (Å²) in [5.74, 6) is -1.03. The summed E-state index contributed by atoms with van der Waals surface area (Å²) < 4.78 is 0. The Morgan fingerprint density at radius 3 is 2.42 bits per heavy atom. The van der Waals surface area contributed by atoms with Gasteiger partial charge in [-0.25, -0.2) is 4.79 Å². The Balaban J connectivity index is 1.87. The van der Waals surface area contributed by atoms with E-state index < -0.39 is 24.1 Å². The van der Waals surface area contributed by atoms with Gasteiger partial charge in [0.15, 0.2) is 0 Å². The first-order valence-corrected chi connectivity index (χ1v) is 8.64. The minimum atomic E-state index is -1.10. The molecular formula is C17H20N2O4S. The number of carboxylic acids is 1. The van der Waals surface area contributed by atoms with Crippen LogP contribution in [-0.4, -0.2) is 56.7 Å². The number of nitrogens with zero attached hydrogens (tertiary/aromatic N) is 2. The first-order valence-electron chi connectivity index (χ1n) is 8.01. The van der Waals surface area contributed by atoms with E-state index in [2.05, 4.69) is 12.6 Å². The Labute approximate surface area is 145 Å². The normalized spacial score (nSPS) is 20.4. The van der Waals surface area contributed by atoms with Crippen LogP contribution >= 0.6 is 12.6 Å². The zero-order valence-corrected chi connectivity index (χ0v) is 14.1. The first kappa shape index (κ1) is 16.8. The molecule has 1 spiro atoms. The minimum absolute atomic E-state index is 0.269. The molecule has 1 saturated carbocycles. The number of urea groups is 1. The van der Waals surface area contributed by atoms with Crippen molar-refractivity contribution < 1.29 is 19.5 Å². The third-order valence-corrected chi connectivity index (χ3v) is 5.36. The molecule has 1 N–H and O–H groups in total. The van der Waals surface area contributed by atoms with E-state index in [9.17, 15) is 14.4 Å². The zero-order chi connectivity index (χ0) is 17.3. The smallest absolute Gasteiger partial charge is 0.328 e. The molecule has 6 nitrogen and oxygen atoms in total. The number of hydrogen-bond donors (Lipinski definition) is 2. The van der Waals surface area contributed by atoms with Crippen molar-refractivity contribution in [1.82, 2.24) is 9.80 Å². The van der Waals surface area contributed by atoms with Gasteiger partial charge in [0.2, 0.25) is 0 Å². The van der Waals surface area contributed by atoms with Crippen LogP contribution in [0.4, 0.5) is 4.79 Å². The van der Waals surface area contributed by atoms with Gasteiger partial charge in [0.1, 0.15) is 12.1 Å². The lowest BCUT2D eigenvalue weighted by molar-refractivity contribution is -0.142. The molecule has 1 atom stereocenters. The lowest BCUT2D eigenvalue weighted by Gasteiger charge is -2.41. The number of hydrogen-bond acceptors (Lipinski definition) is 4. The van der Waals surface area contributed by atoms with E-state index in [0.29, 0.717) is 25.0 Å². The van der Waals surface area contributed by atoms with E-state index in [1.165, 1.54) is 9.80 Å². The number of carbonyl (C=O) groups is 3. The molecule has 3 amide bonds. The van der Waals surface area contributed by atoms with E-state index in [-0.39, 0.29) is 11.9 Å². The monoisotopic (exact) mass is 348 g/mol. The summed E-state index contributed by atoms with van der Waals surface area (Å²) in [5, 5.41) is 9.11. The zero-order valence-electron chi connectivity index (χ0n) is 13.2. The van der Waals surface area contributed by atoms with Crippen molar-refractivity contribution in [1.29, 1.82) is 0 Å². The minimum Gasteiger partial charge on any atom is -0.480 e. The maximum atomic E-state index is 12.9. The van der Waals surface area contributed by atoms with E-state index in [1.54, 1.807) is 0 Å². The summed E-state index contributed by atoms with van der Waals surface area (Å²) >= 11 is 4.32. The highest BCUT2D eigenvalue weighted by molar-refractivity contribution is 7.80. The van der Waals surface area contributed by atoms with Gasteiger partial charge in [0.05, 0.1) is 6.04 Å². The molecule has 2 fully saturated rings. The molecule has 2 aliphatic rings. The van der Waals surface area contributed by atoms with Crippen LogP contribution in [0.3, 0.4) is 0 Å². The Morgan fingerprint density at radius 2 is 1.92 bits per heavy atom. The standard InChI is InChI=1S/C17H20N2O4S/c20-14(21)10-18-16(23)19(15(22)17(18)7-4-8-17)13(11-24)9-12-5-2-1-3-6-12/h1-3,5-6,13,24H,4,7-11H2,(H,20,21). The summed E-state index contributed by atoms with van der Waals surface area (Å²) in [6.07, 6.45) is 2.41. The van der Waals surface area contributed by atoms with Crippen LogP contribution in [0.15, 0.2) is 30.3 Å². The van der Waals surface area contributed by atoms with E-state index in [1.807, 2.05) is 30.3 Å². The Bertz CT molecular complexity index is 660. The Morgan fingerprint density at radius 1 is 1.25 bits per heavy atom. The highest BCUT2D eigenvalue weighted by atomic mass is 32.1. The maximum Gasteiger partial charge on any atom is 0.328 e. The fourth-order valence-electron chi connectivity index (χ4n) is 3.53. The molecule has 0 bridgehead atoms. The number of rotatable bonds is 6. The third kappa shape index (κ3) is 2.66. The number of thiol groups is 1.